The normalized spacial score (nSPS) is 16.5. The Morgan fingerprint density at radius 1 is 1.09 bits per heavy atom. The number of ether oxygens (including phenoxy) is 1. The van der Waals surface area contributed by atoms with Crippen molar-refractivity contribution in [3.8, 4) is 5.75 Å². The van der Waals surface area contributed by atoms with Crippen molar-refractivity contribution < 1.29 is 9.53 Å². The van der Waals surface area contributed by atoms with Gasteiger partial charge < -0.3 is 15.0 Å². The molecule has 184 valence electrons. The molecule has 1 aliphatic heterocycles. The van der Waals surface area contributed by atoms with E-state index in [1.165, 1.54) is 27.8 Å². The van der Waals surface area contributed by atoms with Crippen LogP contribution in [0.3, 0.4) is 0 Å². The average Bonchev–Trinajstić information content (AvgIpc) is 2.84. The molecule has 3 aromatic rings. The lowest BCUT2D eigenvalue weighted by Gasteiger charge is -2.38. The van der Waals surface area contributed by atoms with Gasteiger partial charge in [-0.3, -0.25) is 9.69 Å². The molecule has 0 bridgehead atoms. The van der Waals surface area contributed by atoms with E-state index in [4.69, 9.17) is 4.74 Å². The summed E-state index contributed by atoms with van der Waals surface area (Å²) in [5.41, 5.74) is 6.48. The predicted molar refractivity (Wildman–Crippen MR) is 142 cm³/mol. The average molecular weight is 472 g/mol. The first-order valence-electron chi connectivity index (χ1n) is 12.5. The molecule has 0 spiro atoms. The number of aryl methyl sites for hydroxylation is 1. The van der Waals surface area contributed by atoms with E-state index in [-0.39, 0.29) is 11.9 Å². The summed E-state index contributed by atoms with van der Waals surface area (Å²) in [6, 6.07) is 25.9. The summed E-state index contributed by atoms with van der Waals surface area (Å²) in [6.07, 6.45) is 0.433. The van der Waals surface area contributed by atoms with Crippen LogP contribution in [0.25, 0.3) is 0 Å². The quantitative estimate of drug-likeness (QED) is 0.496. The molecule has 0 aliphatic carbocycles. The lowest BCUT2D eigenvalue weighted by molar-refractivity contribution is -0.127. The van der Waals surface area contributed by atoms with E-state index in [9.17, 15) is 4.79 Å². The summed E-state index contributed by atoms with van der Waals surface area (Å²) >= 11 is 0. The molecule has 1 amide bonds. The molecule has 0 aromatic heterocycles. The Balaban J connectivity index is 1.57. The molecule has 4 rings (SSSR count). The van der Waals surface area contributed by atoms with Gasteiger partial charge in [-0.15, -0.1) is 0 Å². The molecule has 2 unspecified atom stereocenters. The SMILES string of the molecule is Cc1cccc(CN2CCc3ccc(OC(C)C(=O)NCCN(C)C)cc3C2c2ccccc2)c1. The monoisotopic (exact) mass is 471 g/mol. The fourth-order valence-corrected chi connectivity index (χ4v) is 4.76. The molecule has 35 heavy (non-hydrogen) atoms. The molecule has 0 saturated heterocycles. The third-order valence-electron chi connectivity index (χ3n) is 6.57. The fraction of sp³-hybridized carbons (Fsp3) is 0.367. The maximum atomic E-state index is 12.5. The van der Waals surface area contributed by atoms with E-state index < -0.39 is 6.10 Å². The summed E-state index contributed by atoms with van der Waals surface area (Å²) in [5, 5.41) is 2.96. The number of benzene rings is 3. The Labute approximate surface area is 209 Å². The Hall–Kier alpha value is -3.15. The third kappa shape index (κ3) is 6.50. The summed E-state index contributed by atoms with van der Waals surface area (Å²) in [5.74, 6) is 0.641. The van der Waals surface area contributed by atoms with Gasteiger partial charge in [0.2, 0.25) is 0 Å². The first kappa shape index (κ1) is 25.0. The van der Waals surface area contributed by atoms with Crippen LogP contribution in [0.5, 0.6) is 5.75 Å². The van der Waals surface area contributed by atoms with E-state index in [0.717, 1.165) is 31.8 Å². The van der Waals surface area contributed by atoms with E-state index >= 15 is 0 Å². The number of fused-ring (bicyclic) bond motifs is 1. The molecule has 3 aromatic carbocycles. The van der Waals surface area contributed by atoms with Gasteiger partial charge in [0.15, 0.2) is 6.10 Å². The molecule has 1 heterocycles. The Kier molecular flexibility index (Phi) is 8.21. The van der Waals surface area contributed by atoms with Crippen molar-refractivity contribution in [2.24, 2.45) is 0 Å². The van der Waals surface area contributed by atoms with Crippen molar-refractivity contribution in [1.29, 1.82) is 0 Å². The van der Waals surface area contributed by atoms with Gasteiger partial charge in [-0.1, -0.05) is 66.2 Å². The molecular weight excluding hydrogens is 434 g/mol. The minimum Gasteiger partial charge on any atom is -0.481 e. The van der Waals surface area contributed by atoms with E-state index in [1.807, 2.05) is 32.0 Å². The Morgan fingerprint density at radius 2 is 1.89 bits per heavy atom. The van der Waals surface area contributed by atoms with Crippen LogP contribution in [0, 0.1) is 6.92 Å². The second-order valence-corrected chi connectivity index (χ2v) is 9.74. The van der Waals surface area contributed by atoms with Gasteiger partial charge in [-0.05, 0) is 68.8 Å². The first-order valence-corrected chi connectivity index (χ1v) is 12.5. The van der Waals surface area contributed by atoms with Crippen LogP contribution in [-0.2, 0) is 17.8 Å². The van der Waals surface area contributed by atoms with Gasteiger partial charge in [0, 0.05) is 26.2 Å². The summed E-state index contributed by atoms with van der Waals surface area (Å²) in [6.45, 7) is 7.23. The molecule has 5 nitrogen and oxygen atoms in total. The molecule has 1 N–H and O–H groups in total. The third-order valence-corrected chi connectivity index (χ3v) is 6.57. The zero-order chi connectivity index (χ0) is 24.8. The van der Waals surface area contributed by atoms with E-state index in [1.54, 1.807) is 0 Å². The standard InChI is InChI=1S/C30H37N3O2/c1-22-9-8-10-24(19-22)21-33-17-15-25-13-14-27(35-23(2)30(34)31-16-18-32(3)4)20-28(25)29(33)26-11-6-5-7-12-26/h5-14,19-20,23,29H,15-18,21H2,1-4H3,(H,31,34). The second-order valence-electron chi connectivity index (χ2n) is 9.74. The lowest BCUT2D eigenvalue weighted by atomic mass is 9.87. The largest absolute Gasteiger partial charge is 0.481 e. The number of carbonyl (C=O) groups excluding carboxylic acids is 1. The highest BCUT2D eigenvalue weighted by Gasteiger charge is 2.29. The van der Waals surface area contributed by atoms with Crippen LogP contribution in [-0.4, -0.2) is 55.5 Å². The molecule has 0 radical (unpaired) electrons. The molecule has 2 atom stereocenters. The lowest BCUT2D eigenvalue weighted by Crippen LogP contribution is -2.39. The van der Waals surface area contributed by atoms with Crippen LogP contribution >= 0.6 is 0 Å². The first-order chi connectivity index (χ1) is 16.9. The fourth-order valence-electron chi connectivity index (χ4n) is 4.76. The highest BCUT2D eigenvalue weighted by atomic mass is 16.5. The Bertz CT molecular complexity index is 1130. The van der Waals surface area contributed by atoms with Gasteiger partial charge in [0.1, 0.15) is 5.75 Å². The number of amides is 1. The topological polar surface area (TPSA) is 44.8 Å². The highest BCUT2D eigenvalue weighted by Crippen LogP contribution is 2.38. The predicted octanol–water partition coefficient (Wildman–Crippen LogP) is 4.59. The summed E-state index contributed by atoms with van der Waals surface area (Å²) in [4.78, 5) is 17.1. The zero-order valence-electron chi connectivity index (χ0n) is 21.3. The van der Waals surface area contributed by atoms with Gasteiger partial charge in [0.05, 0.1) is 6.04 Å². The number of likely N-dealkylation sites (N-methyl/N-ethyl adjacent to an activating group) is 1. The summed E-state index contributed by atoms with van der Waals surface area (Å²) < 4.78 is 6.11. The minimum atomic E-state index is -0.558. The van der Waals surface area contributed by atoms with Gasteiger partial charge in [-0.25, -0.2) is 0 Å². The smallest absolute Gasteiger partial charge is 0.260 e. The van der Waals surface area contributed by atoms with Crippen LogP contribution in [0.4, 0.5) is 0 Å². The van der Waals surface area contributed by atoms with Crippen molar-refractivity contribution in [2.75, 3.05) is 33.7 Å². The van der Waals surface area contributed by atoms with E-state index in [0.29, 0.717) is 6.54 Å². The number of nitrogens with zero attached hydrogens (tertiary/aromatic N) is 2. The highest BCUT2D eigenvalue weighted by molar-refractivity contribution is 5.80. The van der Waals surface area contributed by atoms with Gasteiger partial charge in [-0.2, -0.15) is 0 Å². The molecule has 0 fully saturated rings. The van der Waals surface area contributed by atoms with Crippen molar-refractivity contribution in [1.82, 2.24) is 15.1 Å². The van der Waals surface area contributed by atoms with Crippen LogP contribution < -0.4 is 10.1 Å². The minimum absolute atomic E-state index is 0.0924. The second kappa shape index (κ2) is 11.5. The molecule has 1 aliphatic rings. The number of hydrogen-bond donors (Lipinski definition) is 1. The Morgan fingerprint density at radius 3 is 2.63 bits per heavy atom. The molecule has 5 heteroatoms. The molecule has 0 saturated carbocycles. The van der Waals surface area contributed by atoms with Crippen molar-refractivity contribution in [3.63, 3.8) is 0 Å². The van der Waals surface area contributed by atoms with Crippen molar-refractivity contribution in [3.05, 3.63) is 101 Å². The number of rotatable bonds is 9. The maximum absolute atomic E-state index is 12.5. The number of carbonyl (C=O) groups is 1. The van der Waals surface area contributed by atoms with Crippen molar-refractivity contribution in [2.45, 2.75) is 39.0 Å². The maximum Gasteiger partial charge on any atom is 0.260 e. The van der Waals surface area contributed by atoms with Crippen molar-refractivity contribution >= 4 is 5.91 Å². The van der Waals surface area contributed by atoms with Crippen LogP contribution in [0.1, 0.15) is 40.8 Å². The van der Waals surface area contributed by atoms with Crippen LogP contribution in [0.2, 0.25) is 0 Å². The zero-order valence-corrected chi connectivity index (χ0v) is 21.3. The van der Waals surface area contributed by atoms with E-state index in [2.05, 4.69) is 83.9 Å². The number of nitrogens with one attached hydrogen (secondary N) is 1. The van der Waals surface area contributed by atoms with Gasteiger partial charge in [0.25, 0.3) is 5.91 Å². The summed E-state index contributed by atoms with van der Waals surface area (Å²) in [7, 11) is 3.98. The van der Waals surface area contributed by atoms with Gasteiger partial charge >= 0.3 is 0 Å². The number of hydrogen-bond acceptors (Lipinski definition) is 4. The van der Waals surface area contributed by atoms with Crippen LogP contribution in [0.15, 0.2) is 72.8 Å². The molecular formula is C30H37N3O2.